The Labute approximate surface area is 269 Å². The Kier molecular flexibility index (Phi) is 6.17. The molecule has 0 spiro atoms. The van der Waals surface area contributed by atoms with Gasteiger partial charge in [0.15, 0.2) is 5.78 Å². The number of fused-ring (bicyclic) bond motifs is 5. The summed E-state index contributed by atoms with van der Waals surface area (Å²) in [6, 6.07) is 43.3. The first-order valence-corrected chi connectivity index (χ1v) is 15.8. The summed E-state index contributed by atoms with van der Waals surface area (Å²) in [7, 11) is 0. The summed E-state index contributed by atoms with van der Waals surface area (Å²) in [4.78, 5) is 47.3. The molecule has 224 valence electrons. The number of carbonyl (C=O) groups excluding carboxylic acids is 3. The van der Waals surface area contributed by atoms with Gasteiger partial charge in [0.1, 0.15) is 0 Å². The topological polar surface area (TPSA) is 54.5 Å². The maximum Gasteiger partial charge on any atom is 0.239 e. The fourth-order valence-corrected chi connectivity index (χ4v) is 8.51. The van der Waals surface area contributed by atoms with Gasteiger partial charge in [0.05, 0.1) is 28.4 Å². The molecule has 8 rings (SSSR count). The molecule has 2 amide bonds. The first kappa shape index (κ1) is 28.1. The minimum Gasteiger partial charge on any atom is -0.297 e. The van der Waals surface area contributed by atoms with Crippen LogP contribution in [0.5, 0.6) is 0 Å². The van der Waals surface area contributed by atoms with E-state index in [0.717, 1.165) is 50.1 Å². The highest BCUT2D eigenvalue weighted by Crippen LogP contribution is 2.74. The van der Waals surface area contributed by atoms with Crippen LogP contribution in [0.2, 0.25) is 0 Å². The molecule has 1 aliphatic heterocycles. The Bertz CT molecular complexity index is 1930. The number of aryl methyl sites for hydroxylation is 3. The molecule has 0 unspecified atom stereocenters. The van der Waals surface area contributed by atoms with Gasteiger partial charge in [0.25, 0.3) is 0 Å². The zero-order chi connectivity index (χ0) is 31.8. The number of hydrogen-bond donors (Lipinski definition) is 0. The lowest BCUT2D eigenvalue weighted by Crippen LogP contribution is -2.45. The molecule has 2 bridgehead atoms. The van der Waals surface area contributed by atoms with Gasteiger partial charge in [-0.25, -0.2) is 4.90 Å². The number of carbonyl (C=O) groups is 3. The van der Waals surface area contributed by atoms with E-state index in [1.807, 2.05) is 106 Å². The summed E-state index contributed by atoms with van der Waals surface area (Å²) in [5, 5.41) is 0. The number of Topliss-reactive ketones (excluding diaryl/α,β-unsaturated/α-hetero) is 1. The summed E-state index contributed by atoms with van der Waals surface area (Å²) in [6.45, 7) is 6.06. The number of anilines is 1. The van der Waals surface area contributed by atoms with Crippen LogP contribution < -0.4 is 4.90 Å². The van der Waals surface area contributed by atoms with E-state index < -0.39 is 22.7 Å². The monoisotopic (exact) mass is 599 g/mol. The lowest BCUT2D eigenvalue weighted by Gasteiger charge is -2.39. The zero-order valence-electron chi connectivity index (χ0n) is 26.0. The van der Waals surface area contributed by atoms with Crippen molar-refractivity contribution in [1.82, 2.24) is 0 Å². The smallest absolute Gasteiger partial charge is 0.239 e. The number of ketones is 1. The molecule has 46 heavy (non-hydrogen) atoms. The largest absolute Gasteiger partial charge is 0.297 e. The van der Waals surface area contributed by atoms with E-state index in [-0.39, 0.29) is 17.6 Å². The van der Waals surface area contributed by atoms with Crippen LogP contribution in [0.25, 0.3) is 11.1 Å². The van der Waals surface area contributed by atoms with Crippen molar-refractivity contribution in [3.05, 3.63) is 172 Å². The lowest BCUT2D eigenvalue weighted by molar-refractivity contribution is -0.130. The highest BCUT2D eigenvalue weighted by molar-refractivity contribution is 6.39. The third kappa shape index (κ3) is 3.53. The third-order valence-corrected chi connectivity index (χ3v) is 10.4. The van der Waals surface area contributed by atoms with Gasteiger partial charge in [-0.15, -0.1) is 0 Å². The number of rotatable bonds is 5. The Morgan fingerprint density at radius 2 is 0.804 bits per heavy atom. The number of benzene rings is 5. The number of imide groups is 1. The van der Waals surface area contributed by atoms with Gasteiger partial charge in [-0.05, 0) is 66.3 Å². The second-order valence-corrected chi connectivity index (χ2v) is 13.0. The average molecular weight is 600 g/mol. The molecular weight excluding hydrogens is 566 g/mol. The summed E-state index contributed by atoms with van der Waals surface area (Å²) in [6.07, 6.45) is 0. The molecule has 0 N–H and O–H groups in total. The molecule has 3 aliphatic rings. The predicted molar refractivity (Wildman–Crippen MR) is 181 cm³/mol. The summed E-state index contributed by atoms with van der Waals surface area (Å²) in [5.74, 6) is -2.63. The van der Waals surface area contributed by atoms with Crippen molar-refractivity contribution in [2.75, 3.05) is 4.90 Å². The summed E-state index contributed by atoms with van der Waals surface area (Å²) >= 11 is 0. The second kappa shape index (κ2) is 10.1. The fourth-order valence-electron chi connectivity index (χ4n) is 8.51. The highest BCUT2D eigenvalue weighted by atomic mass is 16.2. The Morgan fingerprint density at radius 1 is 0.457 bits per heavy atom. The highest BCUT2D eigenvalue weighted by Gasteiger charge is 2.82. The van der Waals surface area contributed by atoms with Crippen LogP contribution in [-0.4, -0.2) is 17.6 Å². The van der Waals surface area contributed by atoms with Gasteiger partial charge in [-0.3, -0.25) is 14.4 Å². The Balaban J connectivity index is 1.55. The molecule has 4 atom stereocenters. The zero-order valence-corrected chi connectivity index (χ0v) is 26.0. The number of nitrogens with zero attached hydrogens (tertiary/aromatic N) is 1. The molecule has 4 nitrogen and oxygen atoms in total. The Morgan fingerprint density at radius 3 is 1.17 bits per heavy atom. The molecule has 0 aromatic heterocycles. The van der Waals surface area contributed by atoms with Gasteiger partial charge in [0, 0.05) is 0 Å². The molecule has 0 radical (unpaired) electrons. The van der Waals surface area contributed by atoms with E-state index in [1.165, 1.54) is 4.90 Å². The minimum atomic E-state index is -1.40. The lowest BCUT2D eigenvalue weighted by atomic mass is 9.59. The maximum absolute atomic E-state index is 15.9. The van der Waals surface area contributed by atoms with Crippen LogP contribution in [0.4, 0.5) is 5.69 Å². The van der Waals surface area contributed by atoms with E-state index in [9.17, 15) is 0 Å². The van der Waals surface area contributed by atoms with Crippen LogP contribution in [0.3, 0.4) is 0 Å². The molecule has 1 saturated carbocycles. The molecule has 2 fully saturated rings. The second-order valence-electron chi connectivity index (χ2n) is 13.0. The van der Waals surface area contributed by atoms with Crippen molar-refractivity contribution in [1.29, 1.82) is 0 Å². The van der Waals surface area contributed by atoms with Crippen molar-refractivity contribution in [2.24, 2.45) is 11.8 Å². The van der Waals surface area contributed by atoms with Gasteiger partial charge in [-0.1, -0.05) is 138 Å². The van der Waals surface area contributed by atoms with Crippen LogP contribution >= 0.6 is 0 Å². The van der Waals surface area contributed by atoms with Gasteiger partial charge in [0.2, 0.25) is 11.8 Å². The van der Waals surface area contributed by atoms with Crippen LogP contribution in [0.1, 0.15) is 38.9 Å². The minimum absolute atomic E-state index is 0.108. The first-order chi connectivity index (χ1) is 22.3. The summed E-state index contributed by atoms with van der Waals surface area (Å²) < 4.78 is 0. The average Bonchev–Trinajstić information content (AvgIpc) is 3.59. The van der Waals surface area contributed by atoms with Crippen molar-refractivity contribution in [3.8, 4) is 0 Å². The van der Waals surface area contributed by atoms with Crippen molar-refractivity contribution in [3.63, 3.8) is 0 Å². The van der Waals surface area contributed by atoms with E-state index in [0.29, 0.717) is 5.69 Å². The molecule has 1 heterocycles. The van der Waals surface area contributed by atoms with Gasteiger partial charge in [-0.2, -0.15) is 0 Å². The number of allylic oxidation sites excluding steroid dienone is 2. The molecule has 2 aliphatic carbocycles. The van der Waals surface area contributed by atoms with Gasteiger partial charge >= 0.3 is 0 Å². The van der Waals surface area contributed by atoms with E-state index in [2.05, 4.69) is 48.5 Å². The first-order valence-electron chi connectivity index (χ1n) is 15.8. The van der Waals surface area contributed by atoms with Crippen molar-refractivity contribution >= 4 is 34.4 Å². The van der Waals surface area contributed by atoms with E-state index in [4.69, 9.17) is 0 Å². The molecule has 5 aromatic rings. The normalized spacial score (nSPS) is 25.0. The van der Waals surface area contributed by atoms with Crippen molar-refractivity contribution < 1.29 is 14.4 Å². The van der Waals surface area contributed by atoms with E-state index in [1.54, 1.807) is 0 Å². The SMILES string of the molecule is Cc1ccc(C2=C(c3ccc(C)cc3)[C@@]3(c4ccccc4)C(=O)[C@@]2(c2ccccc2)[C@@H]2C(=O)N(c4ccc(C)cc4)C(=O)[C@H]23)cc1. The van der Waals surface area contributed by atoms with Crippen LogP contribution in [0.15, 0.2) is 133 Å². The molecule has 4 heteroatoms. The number of hydrogen-bond acceptors (Lipinski definition) is 3. The molecule has 1 saturated heterocycles. The third-order valence-electron chi connectivity index (χ3n) is 10.4. The van der Waals surface area contributed by atoms with Crippen LogP contribution in [0, 0.1) is 32.6 Å². The maximum atomic E-state index is 15.9. The molecule has 5 aromatic carbocycles. The van der Waals surface area contributed by atoms with E-state index >= 15 is 14.4 Å². The Hall–Kier alpha value is -5.35. The molecular formula is C42H33NO3. The number of amides is 2. The quantitative estimate of drug-likeness (QED) is 0.194. The fraction of sp³-hybridized carbons (Fsp3) is 0.167. The van der Waals surface area contributed by atoms with Crippen molar-refractivity contribution in [2.45, 2.75) is 31.6 Å². The summed E-state index contributed by atoms with van der Waals surface area (Å²) in [5.41, 5.74) is 5.80. The predicted octanol–water partition coefficient (Wildman–Crippen LogP) is 7.80. The van der Waals surface area contributed by atoms with Crippen LogP contribution in [-0.2, 0) is 25.2 Å². The van der Waals surface area contributed by atoms with Gasteiger partial charge < -0.3 is 0 Å². The standard InChI is InChI=1S/C42H33NO3/c1-26-14-20-29(21-15-26)34-35(30-22-16-27(2)17-23-30)42(32-12-8-5-9-13-32)37-36(41(34,40(42)46)31-10-6-4-7-11-31)38(44)43(39(37)45)33-24-18-28(3)19-25-33/h4-25,36-37H,1-3H3/t36-,37-,41+,42+/m0/s1.